The van der Waals surface area contributed by atoms with Gasteiger partial charge < -0.3 is 14.8 Å². The zero-order valence-electron chi connectivity index (χ0n) is 15.7. The van der Waals surface area contributed by atoms with Crippen LogP contribution in [0.25, 0.3) is 0 Å². The maximum Gasteiger partial charge on any atom is 0.337 e. The molecule has 0 saturated heterocycles. The minimum Gasteiger partial charge on any atom is -0.465 e. The number of carbonyl (C=O) groups is 3. The van der Waals surface area contributed by atoms with Gasteiger partial charge in [-0.2, -0.15) is 0 Å². The lowest BCUT2D eigenvalue weighted by atomic mass is 9.85. The molecule has 2 aromatic carbocycles. The molecule has 0 heterocycles. The second kappa shape index (κ2) is 8.98. The lowest BCUT2D eigenvalue weighted by Gasteiger charge is -2.22. The molecule has 2 aromatic rings. The van der Waals surface area contributed by atoms with Gasteiger partial charge in [0.25, 0.3) is 5.91 Å². The van der Waals surface area contributed by atoms with E-state index in [-0.39, 0.29) is 13.2 Å². The third kappa shape index (κ3) is 5.41. The predicted octanol–water partition coefficient (Wildman–Crippen LogP) is 2.61. The summed E-state index contributed by atoms with van der Waals surface area (Å²) in [6.45, 7) is 3.42. The van der Waals surface area contributed by atoms with Crippen LogP contribution in [0.1, 0.15) is 35.3 Å². The van der Waals surface area contributed by atoms with Crippen LogP contribution in [0.2, 0.25) is 0 Å². The smallest absolute Gasteiger partial charge is 0.337 e. The Morgan fingerprint density at radius 2 is 1.59 bits per heavy atom. The van der Waals surface area contributed by atoms with Crippen LogP contribution in [-0.2, 0) is 31.0 Å². The van der Waals surface area contributed by atoms with Gasteiger partial charge >= 0.3 is 11.9 Å². The van der Waals surface area contributed by atoms with E-state index < -0.39 is 23.3 Å². The van der Waals surface area contributed by atoms with Crippen molar-refractivity contribution in [2.75, 3.05) is 13.7 Å². The first-order chi connectivity index (χ1) is 12.8. The highest BCUT2D eigenvalue weighted by atomic mass is 16.5. The minimum atomic E-state index is -0.842. The quantitative estimate of drug-likeness (QED) is 0.759. The lowest BCUT2D eigenvalue weighted by Crippen LogP contribution is -2.35. The molecular weight excluding hydrogens is 346 g/mol. The van der Waals surface area contributed by atoms with Crippen molar-refractivity contribution in [3.8, 4) is 0 Å². The van der Waals surface area contributed by atoms with E-state index in [9.17, 15) is 14.4 Å². The van der Waals surface area contributed by atoms with E-state index >= 15 is 0 Å². The predicted molar refractivity (Wildman–Crippen MR) is 100 cm³/mol. The average Bonchev–Trinajstić information content (AvgIpc) is 2.70. The molecule has 6 nitrogen and oxygen atoms in total. The van der Waals surface area contributed by atoms with Crippen molar-refractivity contribution in [3.63, 3.8) is 0 Å². The number of benzene rings is 2. The molecule has 27 heavy (non-hydrogen) atoms. The third-order valence-electron chi connectivity index (χ3n) is 4.20. The van der Waals surface area contributed by atoms with Crippen LogP contribution in [-0.4, -0.2) is 31.6 Å². The molecule has 1 amide bonds. The van der Waals surface area contributed by atoms with Gasteiger partial charge in [-0.3, -0.25) is 9.59 Å². The summed E-state index contributed by atoms with van der Waals surface area (Å²) >= 11 is 0. The van der Waals surface area contributed by atoms with E-state index in [4.69, 9.17) is 4.74 Å². The zero-order valence-corrected chi connectivity index (χ0v) is 15.7. The van der Waals surface area contributed by atoms with Crippen LogP contribution in [0.5, 0.6) is 0 Å². The molecule has 0 aromatic heterocycles. The maximum atomic E-state index is 12.3. The number of carbonyl (C=O) groups excluding carboxylic acids is 3. The molecule has 6 heteroatoms. The number of rotatable bonds is 7. The van der Waals surface area contributed by atoms with E-state index in [1.54, 1.807) is 38.1 Å². The molecule has 2 rings (SSSR count). The molecule has 0 aliphatic heterocycles. The highest BCUT2D eigenvalue weighted by molar-refractivity contribution is 5.89. The number of hydrogen-bond donors (Lipinski definition) is 1. The van der Waals surface area contributed by atoms with Gasteiger partial charge in [-0.25, -0.2) is 4.79 Å². The van der Waals surface area contributed by atoms with Crippen molar-refractivity contribution in [1.29, 1.82) is 0 Å². The van der Waals surface area contributed by atoms with E-state index in [1.807, 2.05) is 30.3 Å². The maximum absolute atomic E-state index is 12.3. The van der Waals surface area contributed by atoms with Crippen molar-refractivity contribution < 1.29 is 23.9 Å². The second-order valence-electron chi connectivity index (χ2n) is 6.53. The molecule has 0 fully saturated rings. The van der Waals surface area contributed by atoms with Gasteiger partial charge in [0.05, 0.1) is 18.1 Å². The Labute approximate surface area is 158 Å². The Morgan fingerprint density at radius 3 is 2.19 bits per heavy atom. The summed E-state index contributed by atoms with van der Waals surface area (Å²) in [7, 11) is 1.32. The van der Waals surface area contributed by atoms with Crippen LogP contribution < -0.4 is 5.32 Å². The molecule has 1 N–H and O–H groups in total. The molecule has 0 radical (unpaired) electrons. The Morgan fingerprint density at radius 1 is 0.963 bits per heavy atom. The van der Waals surface area contributed by atoms with Gasteiger partial charge in [0.2, 0.25) is 0 Å². The minimum absolute atomic E-state index is 0.264. The highest BCUT2D eigenvalue weighted by Crippen LogP contribution is 2.24. The van der Waals surface area contributed by atoms with Gasteiger partial charge in [-0.05, 0) is 37.1 Å². The first kappa shape index (κ1) is 20.2. The Kier molecular flexibility index (Phi) is 6.71. The van der Waals surface area contributed by atoms with Crippen molar-refractivity contribution in [2.24, 2.45) is 0 Å². The van der Waals surface area contributed by atoms with Crippen LogP contribution in [0.3, 0.4) is 0 Å². The monoisotopic (exact) mass is 369 g/mol. The molecule has 0 saturated carbocycles. The molecular formula is C21H23NO5. The van der Waals surface area contributed by atoms with Crippen LogP contribution in [0.4, 0.5) is 0 Å². The van der Waals surface area contributed by atoms with Gasteiger partial charge in [-0.1, -0.05) is 42.5 Å². The van der Waals surface area contributed by atoms with Crippen LogP contribution >= 0.6 is 0 Å². The molecule has 0 spiro atoms. The van der Waals surface area contributed by atoms with E-state index in [0.717, 1.165) is 11.1 Å². The molecule has 0 unspecified atom stereocenters. The molecule has 142 valence electrons. The van der Waals surface area contributed by atoms with Gasteiger partial charge in [0.1, 0.15) is 0 Å². The fraction of sp³-hybridized carbons (Fsp3) is 0.286. The molecule has 0 aliphatic carbocycles. The summed E-state index contributed by atoms with van der Waals surface area (Å²) in [4.78, 5) is 35.7. The molecule has 0 aliphatic rings. The van der Waals surface area contributed by atoms with Crippen molar-refractivity contribution in [2.45, 2.75) is 25.8 Å². The Hall–Kier alpha value is -3.15. The fourth-order valence-electron chi connectivity index (χ4n) is 2.41. The van der Waals surface area contributed by atoms with Crippen molar-refractivity contribution in [1.82, 2.24) is 5.32 Å². The Balaban J connectivity index is 1.82. The number of methoxy groups -OCH3 is 1. The number of nitrogens with one attached hydrogen (secondary N) is 1. The first-order valence-corrected chi connectivity index (χ1v) is 8.51. The summed E-state index contributed by atoms with van der Waals surface area (Å²) in [6, 6.07) is 15.9. The highest BCUT2D eigenvalue weighted by Gasteiger charge is 2.31. The van der Waals surface area contributed by atoms with Gasteiger partial charge in [0, 0.05) is 6.54 Å². The number of ether oxygens (including phenoxy) is 2. The molecule has 0 bridgehead atoms. The summed E-state index contributed by atoms with van der Waals surface area (Å²) in [6.07, 6.45) is 0. The summed E-state index contributed by atoms with van der Waals surface area (Å²) < 4.78 is 9.80. The van der Waals surface area contributed by atoms with E-state index in [0.29, 0.717) is 5.56 Å². The van der Waals surface area contributed by atoms with Crippen LogP contribution in [0.15, 0.2) is 54.6 Å². The number of esters is 2. The van der Waals surface area contributed by atoms with Crippen molar-refractivity contribution in [3.05, 3.63) is 71.3 Å². The third-order valence-corrected chi connectivity index (χ3v) is 4.20. The van der Waals surface area contributed by atoms with Gasteiger partial charge in [0.15, 0.2) is 6.61 Å². The largest absolute Gasteiger partial charge is 0.465 e. The summed E-state index contributed by atoms with van der Waals surface area (Å²) in [5, 5.41) is 2.68. The Bertz CT molecular complexity index is 797. The average molecular weight is 369 g/mol. The zero-order chi connectivity index (χ0) is 19.9. The molecule has 0 atom stereocenters. The number of amides is 1. The second-order valence-corrected chi connectivity index (χ2v) is 6.53. The lowest BCUT2D eigenvalue weighted by molar-refractivity contribution is -0.153. The van der Waals surface area contributed by atoms with Gasteiger partial charge in [-0.15, -0.1) is 0 Å². The first-order valence-electron chi connectivity index (χ1n) is 8.51. The summed E-state index contributed by atoms with van der Waals surface area (Å²) in [5.41, 5.74) is 1.23. The summed E-state index contributed by atoms with van der Waals surface area (Å²) in [5.74, 6) is -1.28. The van der Waals surface area contributed by atoms with Crippen LogP contribution in [0, 0.1) is 0 Å². The topological polar surface area (TPSA) is 81.7 Å². The normalized spacial score (nSPS) is 10.8. The fourth-order valence-corrected chi connectivity index (χ4v) is 2.41. The van der Waals surface area contributed by atoms with E-state index in [1.165, 1.54) is 7.11 Å². The van der Waals surface area contributed by atoms with E-state index in [2.05, 4.69) is 10.1 Å². The van der Waals surface area contributed by atoms with Crippen molar-refractivity contribution >= 4 is 17.8 Å². The standard InChI is InChI=1S/C21H23NO5/c1-21(2,17-7-5-4-6-8-17)20(25)27-14-18(23)22-13-15-9-11-16(12-10-15)19(24)26-3/h4-12H,13-14H2,1-3H3,(H,22,23). The SMILES string of the molecule is COC(=O)c1ccc(CNC(=O)COC(=O)C(C)(C)c2ccccc2)cc1. The number of hydrogen-bond acceptors (Lipinski definition) is 5.